The van der Waals surface area contributed by atoms with Crippen LogP contribution in [0.25, 0.3) is 0 Å². The lowest BCUT2D eigenvalue weighted by Gasteiger charge is -2.38. The first-order valence-electron chi connectivity index (χ1n) is 2.53. The Hall–Kier alpha value is -0.0800. The molecule has 2 atom stereocenters. The summed E-state index contributed by atoms with van der Waals surface area (Å²) in [6, 6.07) is 0. The second-order valence-electron chi connectivity index (χ2n) is 2.41. The van der Waals surface area contributed by atoms with E-state index in [1.54, 1.807) is 6.92 Å². The third-order valence-corrected chi connectivity index (χ3v) is 1.64. The Morgan fingerprint density at radius 1 is 1.71 bits per heavy atom. The minimum Gasteiger partial charge on any atom is -0.390 e. The smallest absolute Gasteiger partial charge is 0.0878 e. The molecule has 0 bridgehead atoms. The van der Waals surface area contributed by atoms with Crippen LogP contribution in [0.4, 0.5) is 0 Å². The SMILES string of the molecule is CC1(O)CCC1O. The summed E-state index contributed by atoms with van der Waals surface area (Å²) >= 11 is 0. The molecule has 0 spiro atoms. The van der Waals surface area contributed by atoms with Crippen LogP contribution in [0.5, 0.6) is 0 Å². The first-order chi connectivity index (χ1) is 3.13. The molecule has 2 N–H and O–H groups in total. The summed E-state index contributed by atoms with van der Waals surface area (Å²) in [6.07, 6.45) is 1.04. The van der Waals surface area contributed by atoms with Crippen LogP contribution in [0.2, 0.25) is 0 Å². The van der Waals surface area contributed by atoms with Gasteiger partial charge in [0.15, 0.2) is 0 Å². The fourth-order valence-electron chi connectivity index (χ4n) is 0.691. The summed E-state index contributed by atoms with van der Waals surface area (Å²) in [5, 5.41) is 17.7. The Labute approximate surface area is 42.8 Å². The molecule has 0 saturated heterocycles. The molecule has 2 heteroatoms. The van der Waals surface area contributed by atoms with E-state index >= 15 is 0 Å². The van der Waals surface area contributed by atoms with Gasteiger partial charge >= 0.3 is 0 Å². The minimum atomic E-state index is -0.764. The zero-order valence-corrected chi connectivity index (χ0v) is 4.39. The quantitative estimate of drug-likeness (QED) is 0.448. The second-order valence-corrected chi connectivity index (χ2v) is 2.41. The summed E-state index contributed by atoms with van der Waals surface area (Å²) in [6.45, 7) is 1.65. The normalized spacial score (nSPS) is 51.0. The molecule has 2 unspecified atom stereocenters. The molecule has 0 aromatic carbocycles. The van der Waals surface area contributed by atoms with Gasteiger partial charge in [0.25, 0.3) is 0 Å². The third kappa shape index (κ3) is 0.640. The van der Waals surface area contributed by atoms with Crippen molar-refractivity contribution in [3.8, 4) is 0 Å². The highest BCUT2D eigenvalue weighted by atomic mass is 16.3. The van der Waals surface area contributed by atoms with E-state index < -0.39 is 11.7 Å². The molecule has 2 nitrogen and oxygen atoms in total. The van der Waals surface area contributed by atoms with E-state index in [0.717, 1.165) is 12.8 Å². The van der Waals surface area contributed by atoms with E-state index in [1.165, 1.54) is 0 Å². The largest absolute Gasteiger partial charge is 0.390 e. The molecule has 0 amide bonds. The third-order valence-electron chi connectivity index (χ3n) is 1.64. The Bertz CT molecular complexity index is 78.1. The Morgan fingerprint density at radius 3 is 2.14 bits per heavy atom. The van der Waals surface area contributed by atoms with Crippen molar-refractivity contribution in [2.75, 3.05) is 0 Å². The Morgan fingerprint density at radius 2 is 2.14 bits per heavy atom. The lowest BCUT2D eigenvalue weighted by atomic mass is 9.79. The molecule has 1 saturated carbocycles. The standard InChI is InChI=1S/C5H10O2/c1-5(7)3-2-4(5)6/h4,6-7H,2-3H2,1H3. The van der Waals surface area contributed by atoms with Crippen LogP contribution in [0, 0.1) is 0 Å². The van der Waals surface area contributed by atoms with E-state index in [2.05, 4.69) is 0 Å². The van der Waals surface area contributed by atoms with Crippen molar-refractivity contribution in [3.05, 3.63) is 0 Å². The van der Waals surface area contributed by atoms with Gasteiger partial charge in [-0.1, -0.05) is 0 Å². The average molecular weight is 102 g/mol. The fourth-order valence-corrected chi connectivity index (χ4v) is 0.691. The number of hydrogen-bond donors (Lipinski definition) is 2. The molecule has 0 aromatic rings. The maximum absolute atomic E-state index is 8.93. The number of rotatable bonds is 0. The van der Waals surface area contributed by atoms with Gasteiger partial charge in [-0.2, -0.15) is 0 Å². The van der Waals surface area contributed by atoms with Gasteiger partial charge in [-0.15, -0.1) is 0 Å². The lowest BCUT2D eigenvalue weighted by molar-refractivity contribution is -0.131. The maximum atomic E-state index is 8.93. The summed E-state index contributed by atoms with van der Waals surface area (Å²) in [4.78, 5) is 0. The highest BCUT2D eigenvalue weighted by molar-refractivity contribution is 4.91. The highest BCUT2D eigenvalue weighted by Crippen LogP contribution is 2.30. The van der Waals surface area contributed by atoms with Crippen LogP contribution in [0.1, 0.15) is 19.8 Å². The zero-order chi connectivity index (χ0) is 5.49. The van der Waals surface area contributed by atoms with E-state index in [1.807, 2.05) is 0 Å². The first kappa shape index (κ1) is 5.06. The molecule has 7 heavy (non-hydrogen) atoms. The average Bonchev–Trinajstić information content (AvgIpc) is 1.63. The van der Waals surface area contributed by atoms with Crippen molar-refractivity contribution >= 4 is 0 Å². The molecule has 0 aromatic heterocycles. The molecular formula is C5H10O2. The molecule has 0 radical (unpaired) electrons. The summed E-state index contributed by atoms with van der Waals surface area (Å²) in [7, 11) is 0. The van der Waals surface area contributed by atoms with E-state index in [9.17, 15) is 0 Å². The summed E-state index contributed by atoms with van der Waals surface area (Å²) in [5.74, 6) is 0. The van der Waals surface area contributed by atoms with Crippen LogP contribution in [0.15, 0.2) is 0 Å². The monoisotopic (exact) mass is 102 g/mol. The summed E-state index contributed by atoms with van der Waals surface area (Å²) < 4.78 is 0. The van der Waals surface area contributed by atoms with Gasteiger partial charge in [0.2, 0.25) is 0 Å². The Balaban J connectivity index is 2.43. The highest BCUT2D eigenvalue weighted by Gasteiger charge is 2.39. The van der Waals surface area contributed by atoms with Crippen LogP contribution in [0.3, 0.4) is 0 Å². The Kier molecular flexibility index (Phi) is 0.869. The predicted molar refractivity (Wildman–Crippen MR) is 25.9 cm³/mol. The minimum absolute atomic E-state index is 0.465. The fraction of sp³-hybridized carbons (Fsp3) is 1.00. The van der Waals surface area contributed by atoms with Crippen molar-refractivity contribution in [1.29, 1.82) is 0 Å². The topological polar surface area (TPSA) is 40.5 Å². The zero-order valence-electron chi connectivity index (χ0n) is 4.39. The van der Waals surface area contributed by atoms with Gasteiger partial charge in [0.1, 0.15) is 0 Å². The number of hydrogen-bond acceptors (Lipinski definition) is 2. The van der Waals surface area contributed by atoms with Gasteiger partial charge < -0.3 is 10.2 Å². The van der Waals surface area contributed by atoms with Crippen molar-refractivity contribution in [3.63, 3.8) is 0 Å². The van der Waals surface area contributed by atoms with E-state index in [4.69, 9.17) is 10.2 Å². The van der Waals surface area contributed by atoms with Crippen LogP contribution < -0.4 is 0 Å². The first-order valence-corrected chi connectivity index (χ1v) is 2.53. The molecule has 0 aliphatic heterocycles. The predicted octanol–water partition coefficient (Wildman–Crippen LogP) is -0.108. The molecule has 1 fully saturated rings. The summed E-state index contributed by atoms with van der Waals surface area (Å²) in [5.41, 5.74) is -0.764. The number of aliphatic hydroxyl groups is 2. The van der Waals surface area contributed by atoms with Crippen molar-refractivity contribution in [2.24, 2.45) is 0 Å². The van der Waals surface area contributed by atoms with Crippen LogP contribution in [-0.2, 0) is 0 Å². The van der Waals surface area contributed by atoms with E-state index in [-0.39, 0.29) is 0 Å². The van der Waals surface area contributed by atoms with Gasteiger partial charge in [-0.3, -0.25) is 0 Å². The molecule has 42 valence electrons. The maximum Gasteiger partial charge on any atom is 0.0878 e. The van der Waals surface area contributed by atoms with Gasteiger partial charge in [-0.05, 0) is 19.8 Å². The molecule has 1 aliphatic rings. The van der Waals surface area contributed by atoms with Gasteiger partial charge in [-0.25, -0.2) is 0 Å². The van der Waals surface area contributed by atoms with Crippen molar-refractivity contribution in [2.45, 2.75) is 31.5 Å². The van der Waals surface area contributed by atoms with Crippen LogP contribution >= 0.6 is 0 Å². The van der Waals surface area contributed by atoms with Crippen molar-refractivity contribution < 1.29 is 10.2 Å². The van der Waals surface area contributed by atoms with Crippen molar-refractivity contribution in [1.82, 2.24) is 0 Å². The molecule has 1 rings (SSSR count). The number of aliphatic hydroxyl groups excluding tert-OH is 1. The molecule has 0 heterocycles. The molecular weight excluding hydrogens is 92.1 g/mol. The van der Waals surface area contributed by atoms with E-state index in [0.29, 0.717) is 0 Å². The molecule has 1 aliphatic carbocycles. The van der Waals surface area contributed by atoms with Gasteiger partial charge in [0.05, 0.1) is 11.7 Å². The lowest BCUT2D eigenvalue weighted by Crippen LogP contribution is -2.48. The van der Waals surface area contributed by atoms with Crippen LogP contribution in [-0.4, -0.2) is 21.9 Å². The second kappa shape index (κ2) is 1.20. The van der Waals surface area contributed by atoms with Gasteiger partial charge in [0, 0.05) is 0 Å².